The molecule has 1 aliphatic heterocycles. The number of Topliss-reactive ketones (excluding diaryl/α,β-unsaturated/α-hetero) is 1. The first-order valence-corrected chi connectivity index (χ1v) is 16.8. The molecule has 28 heavy (non-hydrogen) atoms. The fraction of sp³-hybridized carbons (Fsp3) is 0.955. The molecule has 1 heterocycles. The van der Waals surface area contributed by atoms with Crippen molar-refractivity contribution in [1.29, 1.82) is 0 Å². The Bertz CT molecular complexity index is 588. The molecule has 0 aromatic carbocycles. The zero-order valence-corrected chi connectivity index (χ0v) is 22.2. The molecule has 1 spiro atoms. The summed E-state index contributed by atoms with van der Waals surface area (Å²) < 4.78 is 20.2. The van der Waals surface area contributed by atoms with Gasteiger partial charge in [0.05, 0.1) is 18.3 Å². The fourth-order valence-electron chi connectivity index (χ4n) is 3.81. The van der Waals surface area contributed by atoms with Gasteiger partial charge in [0.2, 0.25) is 0 Å². The Morgan fingerprint density at radius 3 is 1.89 bits per heavy atom. The van der Waals surface area contributed by atoms with Crippen LogP contribution in [0.2, 0.25) is 36.3 Å². The maximum absolute atomic E-state index is 12.8. The standard InChI is InChI=1S/C22H44O4Si2/c1-16-19(26-28(10,11)21(5,6)7)17(25-27(8,9)20(2,3)4)15-22(24-16)14-12-13-18(22)23/h16-17,19H,12-15H2,1-11H3/t16-,17-,19-,22-/m0/s1. The summed E-state index contributed by atoms with van der Waals surface area (Å²) >= 11 is 0. The van der Waals surface area contributed by atoms with Crippen LogP contribution in [0.25, 0.3) is 0 Å². The monoisotopic (exact) mass is 428 g/mol. The van der Waals surface area contributed by atoms with E-state index in [1.165, 1.54) is 0 Å². The lowest BCUT2D eigenvalue weighted by Crippen LogP contribution is -2.62. The number of ketones is 1. The lowest BCUT2D eigenvalue weighted by atomic mass is 9.86. The second-order valence-corrected chi connectivity index (χ2v) is 21.6. The summed E-state index contributed by atoms with van der Waals surface area (Å²) in [7, 11) is -4.00. The number of ether oxygens (including phenoxy) is 1. The van der Waals surface area contributed by atoms with E-state index in [9.17, 15) is 4.79 Å². The predicted molar refractivity (Wildman–Crippen MR) is 121 cm³/mol. The van der Waals surface area contributed by atoms with Crippen LogP contribution in [0.4, 0.5) is 0 Å². The molecule has 164 valence electrons. The van der Waals surface area contributed by atoms with E-state index in [-0.39, 0.29) is 34.2 Å². The molecule has 0 unspecified atom stereocenters. The molecule has 1 saturated heterocycles. The Kier molecular flexibility index (Phi) is 6.58. The largest absolute Gasteiger partial charge is 0.411 e. The van der Waals surface area contributed by atoms with E-state index in [2.05, 4.69) is 74.7 Å². The normalized spacial score (nSPS) is 33.0. The third kappa shape index (κ3) is 4.66. The highest BCUT2D eigenvalue weighted by Crippen LogP contribution is 2.47. The van der Waals surface area contributed by atoms with Crippen LogP contribution in [0, 0.1) is 0 Å². The van der Waals surface area contributed by atoms with Gasteiger partial charge in [-0.05, 0) is 56.0 Å². The average Bonchev–Trinajstić information content (AvgIpc) is 2.80. The molecule has 0 radical (unpaired) electrons. The molecule has 0 amide bonds. The van der Waals surface area contributed by atoms with E-state index in [1.807, 2.05) is 0 Å². The maximum atomic E-state index is 12.8. The molecule has 0 N–H and O–H groups in total. The van der Waals surface area contributed by atoms with Crippen LogP contribution < -0.4 is 0 Å². The Balaban J connectivity index is 2.37. The van der Waals surface area contributed by atoms with Crippen LogP contribution in [0.1, 0.15) is 74.1 Å². The molecular formula is C22H44O4Si2. The smallest absolute Gasteiger partial charge is 0.192 e. The lowest BCUT2D eigenvalue weighted by Gasteiger charge is -2.52. The van der Waals surface area contributed by atoms with Crippen molar-refractivity contribution in [3.05, 3.63) is 0 Å². The van der Waals surface area contributed by atoms with Gasteiger partial charge in [0, 0.05) is 12.8 Å². The Morgan fingerprint density at radius 2 is 1.46 bits per heavy atom. The molecule has 4 nitrogen and oxygen atoms in total. The zero-order valence-electron chi connectivity index (χ0n) is 20.2. The molecule has 2 rings (SSSR count). The van der Waals surface area contributed by atoms with Crippen molar-refractivity contribution in [3.63, 3.8) is 0 Å². The van der Waals surface area contributed by atoms with Crippen molar-refractivity contribution in [1.82, 2.24) is 0 Å². The molecule has 1 aliphatic carbocycles. The van der Waals surface area contributed by atoms with Gasteiger partial charge in [-0.15, -0.1) is 0 Å². The summed E-state index contributed by atoms with van der Waals surface area (Å²) in [5.74, 6) is 0.258. The van der Waals surface area contributed by atoms with Gasteiger partial charge in [0.25, 0.3) is 0 Å². The van der Waals surface area contributed by atoms with Gasteiger partial charge in [-0.2, -0.15) is 0 Å². The lowest BCUT2D eigenvalue weighted by molar-refractivity contribution is -0.199. The summed E-state index contributed by atoms with van der Waals surface area (Å²) in [5.41, 5.74) is -0.653. The minimum absolute atomic E-state index is 0.0826. The van der Waals surface area contributed by atoms with Gasteiger partial charge in [-0.25, -0.2) is 0 Å². The van der Waals surface area contributed by atoms with Gasteiger partial charge in [0.15, 0.2) is 22.4 Å². The van der Waals surface area contributed by atoms with Gasteiger partial charge >= 0.3 is 0 Å². The second-order valence-electron chi connectivity index (χ2n) is 12.1. The molecule has 0 aromatic heterocycles. The topological polar surface area (TPSA) is 44.8 Å². The average molecular weight is 429 g/mol. The molecule has 0 aromatic rings. The van der Waals surface area contributed by atoms with Crippen molar-refractivity contribution in [3.8, 4) is 0 Å². The summed E-state index contributed by atoms with van der Waals surface area (Å²) in [6.45, 7) is 24.8. The molecule has 2 aliphatic rings. The van der Waals surface area contributed by atoms with Crippen LogP contribution in [0.3, 0.4) is 0 Å². The Hall–Kier alpha value is -0.0162. The van der Waals surface area contributed by atoms with Gasteiger partial charge in [-0.3, -0.25) is 4.79 Å². The number of carbonyl (C=O) groups excluding carboxylic acids is 1. The highest BCUT2D eigenvalue weighted by atomic mass is 28.4. The molecule has 6 heteroatoms. The van der Waals surface area contributed by atoms with Crippen LogP contribution in [-0.4, -0.2) is 46.3 Å². The van der Waals surface area contributed by atoms with E-state index in [1.54, 1.807) is 0 Å². The van der Waals surface area contributed by atoms with E-state index in [0.717, 1.165) is 12.8 Å². The van der Waals surface area contributed by atoms with Gasteiger partial charge in [-0.1, -0.05) is 41.5 Å². The first kappa shape index (κ1) is 24.3. The van der Waals surface area contributed by atoms with Crippen LogP contribution in [0.15, 0.2) is 0 Å². The minimum atomic E-state index is -2.01. The molecule has 4 atom stereocenters. The predicted octanol–water partition coefficient (Wildman–Crippen LogP) is 6.07. The summed E-state index contributed by atoms with van der Waals surface area (Å²) in [5, 5.41) is 0.232. The third-order valence-electron chi connectivity index (χ3n) is 7.75. The molecular weight excluding hydrogens is 384 g/mol. The third-order valence-corrected chi connectivity index (χ3v) is 16.7. The van der Waals surface area contributed by atoms with Crippen molar-refractivity contribution in [2.45, 2.75) is 134 Å². The van der Waals surface area contributed by atoms with Gasteiger partial charge in [0.1, 0.15) is 5.60 Å². The highest BCUT2D eigenvalue weighted by Gasteiger charge is 2.56. The van der Waals surface area contributed by atoms with E-state index in [0.29, 0.717) is 12.8 Å². The van der Waals surface area contributed by atoms with Crippen molar-refractivity contribution in [2.75, 3.05) is 0 Å². The van der Waals surface area contributed by atoms with E-state index >= 15 is 0 Å². The molecule has 2 fully saturated rings. The summed E-state index contributed by atoms with van der Waals surface area (Å²) in [6.07, 6.45) is 2.68. The second kappa shape index (κ2) is 7.59. The highest BCUT2D eigenvalue weighted by molar-refractivity contribution is 6.74. The summed E-state index contributed by atoms with van der Waals surface area (Å²) in [6, 6.07) is 0. The van der Waals surface area contributed by atoms with Crippen LogP contribution in [-0.2, 0) is 18.4 Å². The zero-order chi connectivity index (χ0) is 21.8. The maximum Gasteiger partial charge on any atom is 0.192 e. The fourth-order valence-corrected chi connectivity index (χ4v) is 6.51. The SMILES string of the molecule is C[C@@H]1O[C@@]2(CCCC2=O)C[C@H](O[Si](C)(C)C(C)(C)C)[C@H]1O[Si](C)(C)C(C)(C)C. The van der Waals surface area contributed by atoms with Gasteiger partial charge < -0.3 is 13.6 Å². The van der Waals surface area contributed by atoms with Crippen molar-refractivity contribution < 1.29 is 18.4 Å². The Labute approximate surface area is 175 Å². The number of hydrogen-bond donors (Lipinski definition) is 0. The van der Waals surface area contributed by atoms with Crippen LogP contribution >= 0.6 is 0 Å². The minimum Gasteiger partial charge on any atom is -0.411 e. The van der Waals surface area contributed by atoms with E-state index < -0.39 is 22.2 Å². The van der Waals surface area contributed by atoms with Crippen molar-refractivity contribution >= 4 is 22.4 Å². The number of hydrogen-bond acceptors (Lipinski definition) is 4. The first-order valence-electron chi connectivity index (χ1n) is 11.0. The number of carbonyl (C=O) groups is 1. The Morgan fingerprint density at radius 1 is 0.964 bits per heavy atom. The van der Waals surface area contributed by atoms with E-state index in [4.69, 9.17) is 13.6 Å². The van der Waals surface area contributed by atoms with Crippen molar-refractivity contribution in [2.24, 2.45) is 0 Å². The number of rotatable bonds is 4. The summed E-state index contributed by atoms with van der Waals surface area (Å²) in [4.78, 5) is 12.8. The van der Waals surface area contributed by atoms with Crippen LogP contribution in [0.5, 0.6) is 0 Å². The first-order chi connectivity index (χ1) is 12.4. The molecule has 1 saturated carbocycles. The quantitative estimate of drug-likeness (QED) is 0.510. The molecule has 0 bridgehead atoms.